The maximum atomic E-state index is 12.4. The van der Waals surface area contributed by atoms with Crippen LogP contribution in [0, 0.1) is 0 Å². The van der Waals surface area contributed by atoms with Crippen LogP contribution in [0.2, 0.25) is 0 Å². The molecule has 0 aliphatic rings. The fourth-order valence-electron chi connectivity index (χ4n) is 1.67. The van der Waals surface area contributed by atoms with E-state index in [1.54, 1.807) is 30.3 Å². The van der Waals surface area contributed by atoms with Crippen molar-refractivity contribution in [2.45, 2.75) is 12.2 Å². The number of carbonyl (C=O) groups excluding carboxylic acids is 1. The summed E-state index contributed by atoms with van der Waals surface area (Å²) in [6.07, 6.45) is -3.57. The highest BCUT2D eigenvalue weighted by Crippen LogP contribution is 2.27. The lowest BCUT2D eigenvalue weighted by Gasteiger charge is -2.13. The lowest BCUT2D eigenvalue weighted by molar-refractivity contribution is -0.141. The zero-order valence-electron chi connectivity index (χ0n) is 10.8. The highest BCUT2D eigenvalue weighted by atomic mass is 19.4. The van der Waals surface area contributed by atoms with Gasteiger partial charge in [0.1, 0.15) is 11.7 Å². The van der Waals surface area contributed by atoms with Crippen LogP contribution in [0.3, 0.4) is 0 Å². The van der Waals surface area contributed by atoms with Gasteiger partial charge in [-0.25, -0.2) is 4.98 Å². The van der Waals surface area contributed by atoms with Crippen molar-refractivity contribution in [1.29, 1.82) is 0 Å². The number of hydrogen-bond donors (Lipinski definition) is 2. The molecule has 4 nitrogen and oxygen atoms in total. The lowest BCUT2D eigenvalue weighted by Crippen LogP contribution is -2.27. The summed E-state index contributed by atoms with van der Waals surface area (Å²) in [6, 6.07) is 9.66. The summed E-state index contributed by atoms with van der Waals surface area (Å²) in [5.74, 6) is -0.525. The van der Waals surface area contributed by atoms with Crippen molar-refractivity contribution < 1.29 is 18.0 Å². The zero-order valence-corrected chi connectivity index (χ0v) is 10.8. The van der Waals surface area contributed by atoms with Crippen molar-refractivity contribution in [2.24, 2.45) is 5.73 Å². The largest absolute Gasteiger partial charge is 0.433 e. The summed E-state index contributed by atoms with van der Waals surface area (Å²) in [5, 5.41) is 2.43. The molecule has 0 fully saturated rings. The maximum Gasteiger partial charge on any atom is 0.433 e. The summed E-state index contributed by atoms with van der Waals surface area (Å²) in [7, 11) is 0. The van der Waals surface area contributed by atoms with Crippen molar-refractivity contribution >= 4 is 11.6 Å². The molecule has 0 aliphatic carbocycles. The fourth-order valence-corrected chi connectivity index (χ4v) is 1.67. The van der Waals surface area contributed by atoms with Crippen LogP contribution in [0.5, 0.6) is 0 Å². The Labute approximate surface area is 118 Å². The third-order valence-corrected chi connectivity index (χ3v) is 2.76. The van der Waals surface area contributed by atoms with E-state index >= 15 is 0 Å². The molecule has 0 unspecified atom stereocenters. The summed E-state index contributed by atoms with van der Waals surface area (Å²) >= 11 is 0. The molecule has 7 heteroatoms. The number of nitrogens with one attached hydrogen (secondary N) is 1. The monoisotopic (exact) mass is 295 g/mol. The van der Waals surface area contributed by atoms with Crippen LogP contribution in [-0.4, -0.2) is 10.9 Å². The number of nitrogens with zero attached hydrogens (tertiary/aromatic N) is 1. The normalized spacial score (nSPS) is 12.8. The second-order valence-electron chi connectivity index (χ2n) is 4.31. The Morgan fingerprint density at radius 2 is 1.81 bits per heavy atom. The number of carbonyl (C=O) groups is 1. The van der Waals surface area contributed by atoms with Gasteiger partial charge in [0.15, 0.2) is 0 Å². The molecule has 0 aliphatic heterocycles. The molecule has 0 radical (unpaired) electrons. The fraction of sp³-hybridized carbons (Fsp3) is 0.143. The Balaban J connectivity index is 2.06. The third kappa shape index (κ3) is 3.79. The van der Waals surface area contributed by atoms with Crippen molar-refractivity contribution in [3.05, 3.63) is 59.9 Å². The van der Waals surface area contributed by atoms with Crippen molar-refractivity contribution in [1.82, 2.24) is 4.98 Å². The molecular weight excluding hydrogens is 283 g/mol. The minimum absolute atomic E-state index is 0.152. The molecule has 1 aromatic carbocycles. The minimum atomic E-state index is -4.51. The smallest absolute Gasteiger partial charge is 0.323 e. The number of nitrogens with two attached hydrogens (primary N) is 1. The topological polar surface area (TPSA) is 68.0 Å². The Morgan fingerprint density at radius 3 is 2.33 bits per heavy atom. The van der Waals surface area contributed by atoms with Crippen LogP contribution in [-0.2, 0) is 11.0 Å². The van der Waals surface area contributed by atoms with E-state index in [-0.39, 0.29) is 5.69 Å². The molecule has 2 aromatic rings. The van der Waals surface area contributed by atoms with Crippen LogP contribution >= 0.6 is 0 Å². The van der Waals surface area contributed by atoms with Crippen LogP contribution in [0.1, 0.15) is 17.3 Å². The van der Waals surface area contributed by atoms with Gasteiger partial charge in [-0.2, -0.15) is 13.2 Å². The van der Waals surface area contributed by atoms with Gasteiger partial charge >= 0.3 is 6.18 Å². The van der Waals surface area contributed by atoms with Gasteiger partial charge in [-0.1, -0.05) is 30.3 Å². The van der Waals surface area contributed by atoms with Crippen molar-refractivity contribution in [3.8, 4) is 0 Å². The van der Waals surface area contributed by atoms with Crippen LogP contribution in [0.4, 0.5) is 18.9 Å². The Hall–Kier alpha value is -2.41. The molecule has 0 bridgehead atoms. The number of benzene rings is 1. The molecular formula is C14H12F3N3O. The van der Waals surface area contributed by atoms with E-state index in [4.69, 9.17) is 5.73 Å². The first-order valence-corrected chi connectivity index (χ1v) is 6.02. The summed E-state index contributed by atoms with van der Waals surface area (Å²) in [4.78, 5) is 15.2. The first-order chi connectivity index (χ1) is 9.88. The average Bonchev–Trinajstić information content (AvgIpc) is 2.47. The number of amides is 1. The van der Waals surface area contributed by atoms with E-state index in [2.05, 4.69) is 10.3 Å². The van der Waals surface area contributed by atoms with Crippen LogP contribution in [0.25, 0.3) is 0 Å². The van der Waals surface area contributed by atoms with Gasteiger partial charge in [0.25, 0.3) is 0 Å². The van der Waals surface area contributed by atoms with Gasteiger partial charge in [0.05, 0.1) is 11.9 Å². The second kappa shape index (κ2) is 5.92. The molecule has 0 saturated carbocycles. The van der Waals surface area contributed by atoms with Gasteiger partial charge in [-0.05, 0) is 17.7 Å². The van der Waals surface area contributed by atoms with Gasteiger partial charge in [-0.3, -0.25) is 4.79 Å². The molecule has 1 heterocycles. The molecule has 3 N–H and O–H groups in total. The van der Waals surface area contributed by atoms with E-state index in [9.17, 15) is 18.0 Å². The number of aromatic nitrogens is 1. The zero-order chi connectivity index (χ0) is 15.5. The predicted octanol–water partition coefficient (Wildman–Crippen LogP) is 2.74. The maximum absolute atomic E-state index is 12.4. The quantitative estimate of drug-likeness (QED) is 0.915. The van der Waals surface area contributed by atoms with Crippen molar-refractivity contribution in [2.75, 3.05) is 5.32 Å². The second-order valence-corrected chi connectivity index (χ2v) is 4.31. The van der Waals surface area contributed by atoms with Gasteiger partial charge in [-0.15, -0.1) is 0 Å². The first kappa shape index (κ1) is 15.0. The number of halogens is 3. The summed E-state index contributed by atoms with van der Waals surface area (Å²) in [5.41, 5.74) is 5.51. The first-order valence-electron chi connectivity index (χ1n) is 6.02. The van der Waals surface area contributed by atoms with Crippen molar-refractivity contribution in [3.63, 3.8) is 0 Å². The molecule has 110 valence electrons. The van der Waals surface area contributed by atoms with Crippen LogP contribution in [0.15, 0.2) is 48.7 Å². The van der Waals surface area contributed by atoms with Crippen LogP contribution < -0.4 is 11.1 Å². The van der Waals surface area contributed by atoms with E-state index in [1.165, 1.54) is 0 Å². The molecule has 0 spiro atoms. The standard InChI is InChI=1S/C14H12F3N3O/c15-14(16,17)11-7-6-10(8-19-11)20-13(21)12(18)9-4-2-1-3-5-9/h1-8,12H,18H2,(H,20,21)/t12-/m1/s1. The molecule has 21 heavy (non-hydrogen) atoms. The number of pyridine rings is 1. The number of hydrogen-bond acceptors (Lipinski definition) is 3. The Morgan fingerprint density at radius 1 is 1.14 bits per heavy atom. The average molecular weight is 295 g/mol. The van der Waals surface area contributed by atoms with Gasteiger partial charge < -0.3 is 11.1 Å². The number of anilines is 1. The van der Waals surface area contributed by atoms with E-state index in [1.807, 2.05) is 0 Å². The molecule has 1 amide bonds. The van der Waals surface area contributed by atoms with E-state index in [0.717, 1.165) is 18.3 Å². The molecule has 2 rings (SSSR count). The van der Waals surface area contributed by atoms with E-state index < -0.39 is 23.8 Å². The molecule has 1 aromatic heterocycles. The Bertz CT molecular complexity index is 612. The highest BCUT2D eigenvalue weighted by molar-refractivity contribution is 5.95. The summed E-state index contributed by atoms with van der Waals surface area (Å²) in [6.45, 7) is 0. The van der Waals surface area contributed by atoms with E-state index in [0.29, 0.717) is 5.56 Å². The predicted molar refractivity (Wildman–Crippen MR) is 71.2 cm³/mol. The molecule has 0 saturated heterocycles. The SMILES string of the molecule is N[C@@H](C(=O)Nc1ccc(C(F)(F)F)nc1)c1ccccc1. The van der Waals surface area contributed by atoms with Gasteiger partial charge in [0, 0.05) is 0 Å². The highest BCUT2D eigenvalue weighted by Gasteiger charge is 2.32. The third-order valence-electron chi connectivity index (χ3n) is 2.76. The lowest BCUT2D eigenvalue weighted by atomic mass is 10.1. The molecule has 1 atom stereocenters. The summed E-state index contributed by atoms with van der Waals surface area (Å²) < 4.78 is 37.1. The minimum Gasteiger partial charge on any atom is -0.323 e. The Kier molecular flexibility index (Phi) is 4.23. The number of alkyl halides is 3. The number of rotatable bonds is 3. The van der Waals surface area contributed by atoms with Gasteiger partial charge in [0.2, 0.25) is 5.91 Å².